The van der Waals surface area contributed by atoms with Crippen molar-refractivity contribution in [2.45, 2.75) is 95.0 Å². The molecule has 0 spiro atoms. The Labute approximate surface area is 107 Å². The Morgan fingerprint density at radius 3 is 1.59 bits per heavy atom. The third-order valence-corrected chi connectivity index (χ3v) is 11.0. The van der Waals surface area contributed by atoms with E-state index in [2.05, 4.69) is 20.8 Å². The zero-order valence-electron chi connectivity index (χ0n) is 11.9. The number of hydrogen-bond acceptors (Lipinski definition) is 1. The molecule has 2 rings (SSSR count). The van der Waals surface area contributed by atoms with Crippen LogP contribution in [-0.2, 0) is 4.57 Å². The Balaban J connectivity index is 2.30. The van der Waals surface area contributed by atoms with Crippen molar-refractivity contribution in [3.05, 3.63) is 0 Å². The van der Waals surface area contributed by atoms with Crippen LogP contribution in [-0.4, -0.2) is 16.5 Å². The molecule has 0 aromatic heterocycles. The first-order valence-corrected chi connectivity index (χ1v) is 9.46. The fourth-order valence-corrected chi connectivity index (χ4v) is 9.44. The topological polar surface area (TPSA) is 17.1 Å². The van der Waals surface area contributed by atoms with Crippen LogP contribution in [0.1, 0.15) is 78.6 Å². The Bertz CT molecular complexity index is 276. The van der Waals surface area contributed by atoms with E-state index in [-0.39, 0.29) is 5.16 Å². The lowest BCUT2D eigenvalue weighted by atomic mass is 10.1. The van der Waals surface area contributed by atoms with E-state index >= 15 is 0 Å². The first-order valence-electron chi connectivity index (χ1n) is 7.62. The van der Waals surface area contributed by atoms with Gasteiger partial charge in [-0.05, 0) is 32.1 Å². The Morgan fingerprint density at radius 2 is 1.29 bits per heavy atom. The molecule has 0 atom stereocenters. The highest BCUT2D eigenvalue weighted by Gasteiger charge is 2.50. The van der Waals surface area contributed by atoms with E-state index < -0.39 is 7.14 Å². The van der Waals surface area contributed by atoms with Crippen molar-refractivity contribution in [2.24, 2.45) is 0 Å². The second-order valence-corrected chi connectivity index (χ2v) is 10.8. The van der Waals surface area contributed by atoms with Gasteiger partial charge in [-0.25, -0.2) is 0 Å². The highest BCUT2D eigenvalue weighted by Crippen LogP contribution is 2.71. The third-order valence-electron chi connectivity index (χ3n) is 5.55. The van der Waals surface area contributed by atoms with Gasteiger partial charge in [0.25, 0.3) is 0 Å². The molecule has 2 fully saturated rings. The maximum atomic E-state index is 13.9. The van der Waals surface area contributed by atoms with E-state index in [1.54, 1.807) is 0 Å². The molecule has 100 valence electrons. The predicted molar refractivity (Wildman–Crippen MR) is 76.5 cm³/mol. The van der Waals surface area contributed by atoms with E-state index in [0.29, 0.717) is 11.3 Å². The molecule has 0 radical (unpaired) electrons. The first kappa shape index (κ1) is 13.7. The SMILES string of the molecule is CCC(C)(C)P(=O)(C1CCCC1)C1CCCC1. The Kier molecular flexibility index (Phi) is 4.08. The van der Waals surface area contributed by atoms with Crippen molar-refractivity contribution in [3.63, 3.8) is 0 Å². The summed E-state index contributed by atoms with van der Waals surface area (Å²) in [6, 6.07) is 0. The summed E-state index contributed by atoms with van der Waals surface area (Å²) in [5.74, 6) is 0. The molecule has 0 aliphatic heterocycles. The summed E-state index contributed by atoms with van der Waals surface area (Å²) in [5.41, 5.74) is 1.14. The minimum Gasteiger partial charge on any atom is -0.322 e. The van der Waals surface area contributed by atoms with Gasteiger partial charge in [-0.2, -0.15) is 0 Å². The molecule has 2 aliphatic carbocycles. The normalized spacial score (nSPS) is 24.6. The fourth-order valence-electron chi connectivity index (χ4n) is 4.11. The molecule has 0 saturated heterocycles. The second-order valence-electron chi connectivity index (χ2n) is 6.75. The van der Waals surface area contributed by atoms with Crippen molar-refractivity contribution < 1.29 is 4.57 Å². The van der Waals surface area contributed by atoms with Crippen LogP contribution < -0.4 is 0 Å². The predicted octanol–water partition coefficient (Wildman–Crippen LogP) is 5.42. The minimum atomic E-state index is -2.02. The molecule has 0 aromatic rings. The molecule has 2 heteroatoms. The summed E-state index contributed by atoms with van der Waals surface area (Å²) in [6.45, 7) is 6.80. The van der Waals surface area contributed by atoms with Gasteiger partial charge < -0.3 is 4.57 Å². The van der Waals surface area contributed by atoms with E-state index in [1.807, 2.05) is 0 Å². The molecule has 2 aliphatic rings. The second kappa shape index (κ2) is 5.08. The van der Waals surface area contributed by atoms with E-state index in [0.717, 1.165) is 6.42 Å². The van der Waals surface area contributed by atoms with E-state index in [4.69, 9.17) is 0 Å². The molecule has 1 nitrogen and oxygen atoms in total. The average Bonchev–Trinajstić information content (AvgIpc) is 3.00. The van der Waals surface area contributed by atoms with Gasteiger partial charge in [0.05, 0.1) is 7.14 Å². The Hall–Kier alpha value is 0.230. The molecule has 0 aromatic carbocycles. The van der Waals surface area contributed by atoms with Gasteiger partial charge in [0.1, 0.15) is 0 Å². The fraction of sp³-hybridized carbons (Fsp3) is 1.00. The van der Waals surface area contributed by atoms with Crippen LogP contribution in [0.3, 0.4) is 0 Å². The van der Waals surface area contributed by atoms with Crippen LogP contribution in [0.15, 0.2) is 0 Å². The van der Waals surface area contributed by atoms with Gasteiger partial charge >= 0.3 is 0 Å². The van der Waals surface area contributed by atoms with Crippen molar-refractivity contribution in [2.75, 3.05) is 0 Å². The summed E-state index contributed by atoms with van der Waals surface area (Å²) >= 11 is 0. The smallest absolute Gasteiger partial charge is 0.0988 e. The minimum absolute atomic E-state index is 0.0804. The maximum absolute atomic E-state index is 13.9. The van der Waals surface area contributed by atoms with Gasteiger partial charge in [-0.15, -0.1) is 0 Å². The van der Waals surface area contributed by atoms with Gasteiger partial charge in [0.15, 0.2) is 0 Å². The highest BCUT2D eigenvalue weighted by molar-refractivity contribution is 7.67. The summed E-state index contributed by atoms with van der Waals surface area (Å²) in [5, 5.41) is 0.0804. The first-order chi connectivity index (χ1) is 8.02. The van der Waals surface area contributed by atoms with Crippen molar-refractivity contribution >= 4 is 7.14 Å². The summed E-state index contributed by atoms with van der Waals surface area (Å²) in [4.78, 5) is 0. The van der Waals surface area contributed by atoms with Crippen molar-refractivity contribution in [1.29, 1.82) is 0 Å². The zero-order chi connectivity index (χ0) is 12.5. The largest absolute Gasteiger partial charge is 0.322 e. The van der Waals surface area contributed by atoms with Crippen LogP contribution in [0.25, 0.3) is 0 Å². The molecule has 0 amide bonds. The molecule has 0 N–H and O–H groups in total. The molecule has 0 heterocycles. The standard InChI is InChI=1S/C15H29OP/c1-4-15(2,3)17(16,13-9-5-6-10-13)14-11-7-8-12-14/h13-14H,4-12H2,1-3H3. The van der Waals surface area contributed by atoms with Gasteiger partial charge in [0.2, 0.25) is 0 Å². The van der Waals surface area contributed by atoms with Crippen molar-refractivity contribution in [1.82, 2.24) is 0 Å². The molecule has 17 heavy (non-hydrogen) atoms. The van der Waals surface area contributed by atoms with Crippen LogP contribution in [0, 0.1) is 0 Å². The average molecular weight is 256 g/mol. The molecular weight excluding hydrogens is 227 g/mol. The molecular formula is C15H29OP. The molecule has 0 bridgehead atoms. The summed E-state index contributed by atoms with van der Waals surface area (Å²) < 4.78 is 13.9. The van der Waals surface area contributed by atoms with Crippen molar-refractivity contribution in [3.8, 4) is 0 Å². The quantitative estimate of drug-likeness (QED) is 0.613. The lowest BCUT2D eigenvalue weighted by Crippen LogP contribution is -2.31. The van der Waals surface area contributed by atoms with E-state index in [9.17, 15) is 4.57 Å². The maximum Gasteiger partial charge on any atom is 0.0988 e. The van der Waals surface area contributed by atoms with Crippen LogP contribution in [0.5, 0.6) is 0 Å². The molecule has 0 unspecified atom stereocenters. The van der Waals surface area contributed by atoms with Gasteiger partial charge in [-0.3, -0.25) is 0 Å². The highest BCUT2D eigenvalue weighted by atomic mass is 31.2. The summed E-state index contributed by atoms with van der Waals surface area (Å²) in [6.07, 6.45) is 11.4. The summed E-state index contributed by atoms with van der Waals surface area (Å²) in [7, 11) is -2.02. The lowest BCUT2D eigenvalue weighted by Gasteiger charge is -2.42. The van der Waals surface area contributed by atoms with Crippen LogP contribution in [0.2, 0.25) is 0 Å². The van der Waals surface area contributed by atoms with Crippen LogP contribution >= 0.6 is 7.14 Å². The van der Waals surface area contributed by atoms with Gasteiger partial charge in [-0.1, -0.05) is 46.5 Å². The van der Waals surface area contributed by atoms with Crippen LogP contribution in [0.4, 0.5) is 0 Å². The number of rotatable bonds is 4. The monoisotopic (exact) mass is 256 g/mol. The van der Waals surface area contributed by atoms with Gasteiger partial charge in [0, 0.05) is 16.5 Å². The zero-order valence-corrected chi connectivity index (χ0v) is 12.8. The lowest BCUT2D eigenvalue weighted by molar-refractivity contribution is 0.502. The Morgan fingerprint density at radius 1 is 0.941 bits per heavy atom. The third kappa shape index (κ3) is 2.25. The number of hydrogen-bond donors (Lipinski definition) is 0. The molecule has 2 saturated carbocycles. The van der Waals surface area contributed by atoms with E-state index in [1.165, 1.54) is 51.4 Å².